The van der Waals surface area contributed by atoms with Crippen LogP contribution in [0.5, 0.6) is 0 Å². The molecule has 1 saturated heterocycles. The van der Waals surface area contributed by atoms with Crippen LogP contribution >= 0.6 is 0 Å². The molecule has 0 unspecified atom stereocenters. The molecule has 0 saturated carbocycles. The van der Waals surface area contributed by atoms with Crippen molar-refractivity contribution in [3.8, 4) is 0 Å². The third-order valence-corrected chi connectivity index (χ3v) is 4.19. The van der Waals surface area contributed by atoms with Crippen molar-refractivity contribution in [2.24, 2.45) is 0 Å². The normalized spacial score (nSPS) is 17.0. The zero-order chi connectivity index (χ0) is 16.4. The summed E-state index contributed by atoms with van der Waals surface area (Å²) < 4.78 is 0. The van der Waals surface area contributed by atoms with Crippen molar-refractivity contribution in [3.05, 3.63) is 17.6 Å². The van der Waals surface area contributed by atoms with E-state index in [1.807, 2.05) is 6.20 Å². The van der Waals surface area contributed by atoms with Crippen molar-refractivity contribution >= 4 is 5.82 Å². The molecule has 0 spiro atoms. The second-order valence-corrected chi connectivity index (χ2v) is 8.43. The number of hydrogen-bond acceptors (Lipinski definition) is 4. The summed E-state index contributed by atoms with van der Waals surface area (Å²) in [6, 6.07) is 0. The molecule has 0 aromatic carbocycles. The van der Waals surface area contributed by atoms with E-state index < -0.39 is 0 Å². The molecular weight excluding hydrogens is 272 g/mol. The van der Waals surface area contributed by atoms with E-state index in [0.717, 1.165) is 24.7 Å². The number of rotatable bonds is 4. The Balaban J connectivity index is 2.14. The molecule has 4 heteroatoms. The summed E-state index contributed by atoms with van der Waals surface area (Å²) in [6.45, 7) is 17.7. The van der Waals surface area contributed by atoms with E-state index in [9.17, 15) is 0 Å². The third kappa shape index (κ3) is 4.42. The van der Waals surface area contributed by atoms with Crippen LogP contribution in [0.15, 0.2) is 6.20 Å². The van der Waals surface area contributed by atoms with Crippen LogP contribution in [0, 0.1) is 0 Å². The molecule has 1 aromatic heterocycles. The minimum Gasteiger partial charge on any atom is -0.368 e. The van der Waals surface area contributed by atoms with Crippen molar-refractivity contribution < 1.29 is 0 Å². The molecule has 22 heavy (non-hydrogen) atoms. The fourth-order valence-corrected chi connectivity index (χ4v) is 2.77. The summed E-state index contributed by atoms with van der Waals surface area (Å²) in [6.07, 6.45) is 4.69. The van der Waals surface area contributed by atoms with Crippen LogP contribution < -0.4 is 5.32 Å². The Labute approximate surface area is 135 Å². The number of nitrogens with one attached hydrogen (secondary N) is 1. The first kappa shape index (κ1) is 17.2. The number of likely N-dealkylation sites (tertiary alicyclic amines) is 1. The van der Waals surface area contributed by atoms with E-state index in [1.54, 1.807) is 0 Å². The van der Waals surface area contributed by atoms with Gasteiger partial charge in [0.25, 0.3) is 0 Å². The molecule has 0 aliphatic carbocycles. The number of nitrogens with zero attached hydrogens (tertiary/aromatic N) is 3. The zero-order valence-electron chi connectivity index (χ0n) is 15.2. The van der Waals surface area contributed by atoms with Crippen molar-refractivity contribution in [3.63, 3.8) is 0 Å². The van der Waals surface area contributed by atoms with Gasteiger partial charge < -0.3 is 10.2 Å². The SMILES string of the molecule is CC(C)(C)c1ncc(C(C)(C)C)c(NCCN2CCCC2)n1. The summed E-state index contributed by atoms with van der Waals surface area (Å²) in [7, 11) is 0. The molecule has 1 aromatic rings. The molecule has 1 N–H and O–H groups in total. The molecule has 0 amide bonds. The van der Waals surface area contributed by atoms with E-state index in [2.05, 4.69) is 56.7 Å². The Morgan fingerprint density at radius 3 is 2.23 bits per heavy atom. The standard InChI is InChI=1S/C18H32N4/c1-17(2,3)14-13-20-16(18(4,5)6)21-15(14)19-9-12-22-10-7-8-11-22/h13H,7-12H2,1-6H3,(H,19,20,21). The van der Waals surface area contributed by atoms with Crippen molar-refractivity contribution in [2.45, 2.75) is 65.2 Å². The zero-order valence-corrected chi connectivity index (χ0v) is 15.2. The third-order valence-electron chi connectivity index (χ3n) is 4.19. The summed E-state index contributed by atoms with van der Waals surface area (Å²) in [5, 5.41) is 3.57. The van der Waals surface area contributed by atoms with Gasteiger partial charge in [0.1, 0.15) is 11.6 Å². The lowest BCUT2D eigenvalue weighted by molar-refractivity contribution is 0.352. The van der Waals surface area contributed by atoms with Crippen LogP contribution in [0.1, 0.15) is 65.8 Å². The predicted octanol–water partition coefficient (Wildman–Crippen LogP) is 3.58. The lowest BCUT2D eigenvalue weighted by atomic mass is 9.87. The lowest BCUT2D eigenvalue weighted by Gasteiger charge is -2.25. The summed E-state index contributed by atoms with van der Waals surface area (Å²) in [5.74, 6) is 1.91. The van der Waals surface area contributed by atoms with Crippen LogP contribution in [0.2, 0.25) is 0 Å². The molecular formula is C18H32N4. The van der Waals surface area contributed by atoms with Crippen LogP contribution in [-0.2, 0) is 10.8 Å². The van der Waals surface area contributed by atoms with Crippen molar-refractivity contribution in [1.82, 2.24) is 14.9 Å². The highest BCUT2D eigenvalue weighted by Gasteiger charge is 2.24. The second kappa shape index (κ2) is 6.53. The summed E-state index contributed by atoms with van der Waals surface area (Å²) in [5.41, 5.74) is 1.22. The highest BCUT2D eigenvalue weighted by atomic mass is 15.2. The van der Waals surface area contributed by atoms with Gasteiger partial charge >= 0.3 is 0 Å². The van der Waals surface area contributed by atoms with Gasteiger partial charge in [-0.15, -0.1) is 0 Å². The molecule has 2 heterocycles. The van der Waals surface area contributed by atoms with E-state index in [-0.39, 0.29) is 10.8 Å². The van der Waals surface area contributed by atoms with Gasteiger partial charge in [0, 0.05) is 30.3 Å². The average molecular weight is 304 g/mol. The topological polar surface area (TPSA) is 41.1 Å². The van der Waals surface area contributed by atoms with E-state index in [0.29, 0.717) is 0 Å². The first-order valence-corrected chi connectivity index (χ1v) is 8.52. The van der Waals surface area contributed by atoms with Crippen LogP contribution in [0.25, 0.3) is 0 Å². The molecule has 1 fully saturated rings. The number of anilines is 1. The fourth-order valence-electron chi connectivity index (χ4n) is 2.77. The number of hydrogen-bond donors (Lipinski definition) is 1. The van der Waals surface area contributed by atoms with Crippen LogP contribution in [0.3, 0.4) is 0 Å². The van der Waals surface area contributed by atoms with Gasteiger partial charge in [0.2, 0.25) is 0 Å². The maximum Gasteiger partial charge on any atom is 0.135 e. The van der Waals surface area contributed by atoms with Gasteiger partial charge in [-0.1, -0.05) is 41.5 Å². The van der Waals surface area contributed by atoms with Gasteiger partial charge in [-0.2, -0.15) is 0 Å². The average Bonchev–Trinajstić information content (AvgIpc) is 2.89. The van der Waals surface area contributed by atoms with Gasteiger partial charge in [-0.3, -0.25) is 0 Å². The molecule has 4 nitrogen and oxygen atoms in total. The molecule has 124 valence electrons. The fraction of sp³-hybridized carbons (Fsp3) is 0.778. The van der Waals surface area contributed by atoms with Gasteiger partial charge in [0.15, 0.2) is 0 Å². The molecule has 0 atom stereocenters. The smallest absolute Gasteiger partial charge is 0.135 e. The van der Waals surface area contributed by atoms with Crippen molar-refractivity contribution in [2.75, 3.05) is 31.5 Å². The van der Waals surface area contributed by atoms with Crippen LogP contribution in [-0.4, -0.2) is 41.0 Å². The minimum atomic E-state index is -0.0260. The molecule has 0 radical (unpaired) electrons. The Hall–Kier alpha value is -1.16. The molecule has 1 aliphatic rings. The second-order valence-electron chi connectivity index (χ2n) is 8.43. The highest BCUT2D eigenvalue weighted by molar-refractivity contribution is 5.47. The maximum atomic E-state index is 4.83. The Morgan fingerprint density at radius 1 is 1.05 bits per heavy atom. The quantitative estimate of drug-likeness (QED) is 0.923. The highest BCUT2D eigenvalue weighted by Crippen LogP contribution is 2.29. The van der Waals surface area contributed by atoms with Gasteiger partial charge in [0.05, 0.1) is 0 Å². The maximum absolute atomic E-state index is 4.83. The van der Waals surface area contributed by atoms with E-state index in [1.165, 1.54) is 31.5 Å². The Morgan fingerprint density at radius 2 is 1.68 bits per heavy atom. The lowest BCUT2D eigenvalue weighted by Crippen LogP contribution is -2.28. The molecule has 2 rings (SSSR count). The van der Waals surface area contributed by atoms with Gasteiger partial charge in [-0.25, -0.2) is 9.97 Å². The summed E-state index contributed by atoms with van der Waals surface area (Å²) >= 11 is 0. The Bertz CT molecular complexity index is 491. The minimum absolute atomic E-state index is 0.0260. The monoisotopic (exact) mass is 304 g/mol. The molecule has 0 bridgehead atoms. The van der Waals surface area contributed by atoms with Crippen LogP contribution in [0.4, 0.5) is 5.82 Å². The van der Waals surface area contributed by atoms with E-state index >= 15 is 0 Å². The van der Waals surface area contributed by atoms with Gasteiger partial charge in [-0.05, 0) is 31.3 Å². The predicted molar refractivity (Wildman–Crippen MR) is 93.6 cm³/mol. The Kier molecular flexibility index (Phi) is 5.10. The summed E-state index contributed by atoms with van der Waals surface area (Å²) in [4.78, 5) is 12.0. The first-order chi connectivity index (χ1) is 10.2. The largest absolute Gasteiger partial charge is 0.368 e. The first-order valence-electron chi connectivity index (χ1n) is 8.52. The number of aromatic nitrogens is 2. The molecule has 1 aliphatic heterocycles. The van der Waals surface area contributed by atoms with Crippen molar-refractivity contribution in [1.29, 1.82) is 0 Å². The van der Waals surface area contributed by atoms with E-state index in [4.69, 9.17) is 4.98 Å².